The lowest BCUT2D eigenvalue weighted by atomic mass is 10.1. The van der Waals surface area contributed by atoms with Gasteiger partial charge in [0.15, 0.2) is 6.61 Å². The molecule has 0 heterocycles. The van der Waals surface area contributed by atoms with Crippen LogP contribution in [-0.2, 0) is 9.53 Å². The largest absolute Gasteiger partial charge is 0.452 e. The Balaban J connectivity index is 2.39. The van der Waals surface area contributed by atoms with Crippen LogP contribution in [0.5, 0.6) is 0 Å². The van der Waals surface area contributed by atoms with Crippen LogP contribution in [0.3, 0.4) is 0 Å². The molecule has 6 heteroatoms. The Hall–Kier alpha value is -1.62. The second kappa shape index (κ2) is 7.85. The summed E-state index contributed by atoms with van der Waals surface area (Å²) >= 11 is 5.56. The second-order valence-electron chi connectivity index (χ2n) is 4.74. The van der Waals surface area contributed by atoms with Crippen LogP contribution in [0.25, 0.3) is 0 Å². The highest BCUT2D eigenvalue weighted by Crippen LogP contribution is 2.16. The van der Waals surface area contributed by atoms with Crippen molar-refractivity contribution < 1.29 is 18.7 Å². The van der Waals surface area contributed by atoms with Crippen molar-refractivity contribution in [2.24, 2.45) is 5.92 Å². The number of hydrogen-bond acceptors (Lipinski definition) is 3. The Morgan fingerprint density at radius 2 is 2.10 bits per heavy atom. The fourth-order valence-electron chi connectivity index (χ4n) is 1.39. The highest BCUT2D eigenvalue weighted by atomic mass is 35.5. The summed E-state index contributed by atoms with van der Waals surface area (Å²) in [6.45, 7) is 4.26. The first-order valence-corrected chi connectivity index (χ1v) is 6.67. The van der Waals surface area contributed by atoms with E-state index in [9.17, 15) is 14.0 Å². The number of halogens is 2. The van der Waals surface area contributed by atoms with Gasteiger partial charge in [-0.1, -0.05) is 25.4 Å². The Bertz CT molecular complexity index is 491. The van der Waals surface area contributed by atoms with Gasteiger partial charge in [-0.05, 0) is 30.5 Å². The quantitative estimate of drug-likeness (QED) is 0.822. The average molecular weight is 302 g/mol. The van der Waals surface area contributed by atoms with E-state index in [1.54, 1.807) is 0 Å². The Kier molecular flexibility index (Phi) is 6.45. The van der Waals surface area contributed by atoms with Gasteiger partial charge in [0.25, 0.3) is 5.91 Å². The van der Waals surface area contributed by atoms with E-state index < -0.39 is 11.8 Å². The van der Waals surface area contributed by atoms with Crippen molar-refractivity contribution in [3.05, 3.63) is 34.6 Å². The molecule has 4 nitrogen and oxygen atoms in total. The van der Waals surface area contributed by atoms with Gasteiger partial charge < -0.3 is 10.1 Å². The summed E-state index contributed by atoms with van der Waals surface area (Å²) in [5.74, 6) is -1.22. The minimum absolute atomic E-state index is 0.103. The molecule has 0 aliphatic rings. The lowest BCUT2D eigenvalue weighted by Gasteiger charge is -2.08. The number of rotatable bonds is 6. The van der Waals surface area contributed by atoms with Crippen LogP contribution in [0.2, 0.25) is 5.02 Å². The maximum Gasteiger partial charge on any atom is 0.338 e. The molecule has 0 saturated carbocycles. The standard InChI is InChI=1S/C14H17ClFNO3/c1-9(2)5-6-17-13(18)8-20-14(19)10-3-4-12(16)11(15)7-10/h3-4,7,9H,5-6,8H2,1-2H3,(H,17,18). The second-order valence-corrected chi connectivity index (χ2v) is 5.14. The number of nitrogens with one attached hydrogen (secondary N) is 1. The van der Waals surface area contributed by atoms with Crippen molar-refractivity contribution in [1.82, 2.24) is 5.32 Å². The van der Waals surface area contributed by atoms with E-state index in [-0.39, 0.29) is 23.1 Å². The average Bonchev–Trinajstić information content (AvgIpc) is 2.38. The number of esters is 1. The topological polar surface area (TPSA) is 55.4 Å². The van der Waals surface area contributed by atoms with Gasteiger partial charge in [0.05, 0.1) is 10.6 Å². The minimum Gasteiger partial charge on any atom is -0.452 e. The van der Waals surface area contributed by atoms with Gasteiger partial charge >= 0.3 is 5.97 Å². The van der Waals surface area contributed by atoms with Gasteiger partial charge in [-0.2, -0.15) is 0 Å². The first kappa shape index (κ1) is 16.4. The summed E-state index contributed by atoms with van der Waals surface area (Å²) < 4.78 is 17.7. The molecular weight excluding hydrogens is 285 g/mol. The predicted molar refractivity (Wildman–Crippen MR) is 74.2 cm³/mol. The van der Waals surface area contributed by atoms with E-state index in [4.69, 9.17) is 16.3 Å². The van der Waals surface area contributed by atoms with Crippen molar-refractivity contribution in [2.45, 2.75) is 20.3 Å². The van der Waals surface area contributed by atoms with E-state index >= 15 is 0 Å². The molecule has 0 bridgehead atoms. The third-order valence-electron chi connectivity index (χ3n) is 2.53. The van der Waals surface area contributed by atoms with Crippen LogP contribution >= 0.6 is 11.6 Å². The summed E-state index contributed by atoms with van der Waals surface area (Å²) in [4.78, 5) is 23.0. The molecule has 0 aliphatic carbocycles. The lowest BCUT2D eigenvalue weighted by molar-refractivity contribution is -0.124. The molecule has 1 N–H and O–H groups in total. The van der Waals surface area contributed by atoms with E-state index in [0.717, 1.165) is 18.6 Å². The first-order chi connectivity index (χ1) is 9.40. The molecule has 0 aliphatic heterocycles. The van der Waals surface area contributed by atoms with Crippen LogP contribution < -0.4 is 5.32 Å². The van der Waals surface area contributed by atoms with Crippen LogP contribution in [0.15, 0.2) is 18.2 Å². The fourth-order valence-corrected chi connectivity index (χ4v) is 1.57. The molecule has 1 amide bonds. The molecule has 0 fully saturated rings. The van der Waals surface area contributed by atoms with E-state index in [2.05, 4.69) is 5.32 Å². The van der Waals surface area contributed by atoms with E-state index in [1.165, 1.54) is 6.07 Å². The summed E-state index contributed by atoms with van der Waals surface area (Å²) in [7, 11) is 0. The molecule has 0 aromatic heterocycles. The molecule has 0 radical (unpaired) electrons. The maximum atomic E-state index is 12.9. The van der Waals surface area contributed by atoms with Gasteiger partial charge in [-0.15, -0.1) is 0 Å². The molecule has 1 rings (SSSR count). The molecule has 1 aromatic carbocycles. The third kappa shape index (κ3) is 5.57. The summed E-state index contributed by atoms with van der Waals surface area (Å²) in [5.41, 5.74) is 0.103. The molecule has 110 valence electrons. The summed E-state index contributed by atoms with van der Waals surface area (Å²) in [6, 6.07) is 3.48. The minimum atomic E-state index is -0.717. The predicted octanol–water partition coefficient (Wildman–Crippen LogP) is 2.80. The fraction of sp³-hybridized carbons (Fsp3) is 0.429. The highest BCUT2D eigenvalue weighted by Gasteiger charge is 2.12. The van der Waals surface area contributed by atoms with Crippen molar-refractivity contribution in [1.29, 1.82) is 0 Å². The van der Waals surface area contributed by atoms with Gasteiger partial charge in [-0.25, -0.2) is 9.18 Å². The van der Waals surface area contributed by atoms with Crippen LogP contribution in [-0.4, -0.2) is 25.0 Å². The molecule has 0 atom stereocenters. The van der Waals surface area contributed by atoms with Crippen molar-refractivity contribution in [2.75, 3.05) is 13.2 Å². The smallest absolute Gasteiger partial charge is 0.338 e. The van der Waals surface area contributed by atoms with Crippen molar-refractivity contribution in [3.8, 4) is 0 Å². The number of carbonyl (C=O) groups is 2. The monoisotopic (exact) mass is 301 g/mol. The molecule has 20 heavy (non-hydrogen) atoms. The summed E-state index contributed by atoms with van der Waals surface area (Å²) in [5, 5.41) is 2.47. The van der Waals surface area contributed by atoms with Crippen molar-refractivity contribution >= 4 is 23.5 Å². The van der Waals surface area contributed by atoms with Gasteiger partial charge in [0, 0.05) is 6.54 Å². The van der Waals surface area contributed by atoms with Crippen molar-refractivity contribution in [3.63, 3.8) is 0 Å². The SMILES string of the molecule is CC(C)CCNC(=O)COC(=O)c1ccc(F)c(Cl)c1. The van der Waals surface area contributed by atoms with Gasteiger partial charge in [0.1, 0.15) is 5.82 Å². The zero-order chi connectivity index (χ0) is 15.1. The van der Waals surface area contributed by atoms with Gasteiger partial charge in [0.2, 0.25) is 0 Å². The zero-order valence-corrected chi connectivity index (χ0v) is 12.2. The van der Waals surface area contributed by atoms with E-state index in [1.807, 2.05) is 13.8 Å². The molecule has 0 saturated heterocycles. The van der Waals surface area contributed by atoms with E-state index in [0.29, 0.717) is 12.5 Å². The van der Waals surface area contributed by atoms with Crippen LogP contribution in [0.1, 0.15) is 30.6 Å². The highest BCUT2D eigenvalue weighted by molar-refractivity contribution is 6.31. The molecular formula is C14H17ClFNO3. The normalized spacial score (nSPS) is 10.4. The number of benzene rings is 1. The Labute approximate surface area is 122 Å². The lowest BCUT2D eigenvalue weighted by Crippen LogP contribution is -2.30. The van der Waals surface area contributed by atoms with Gasteiger partial charge in [-0.3, -0.25) is 4.79 Å². The third-order valence-corrected chi connectivity index (χ3v) is 2.82. The van der Waals surface area contributed by atoms with Crippen LogP contribution in [0.4, 0.5) is 4.39 Å². The number of carbonyl (C=O) groups excluding carboxylic acids is 2. The first-order valence-electron chi connectivity index (χ1n) is 6.29. The summed E-state index contributed by atoms with van der Waals surface area (Å²) in [6.07, 6.45) is 0.854. The Morgan fingerprint density at radius 3 is 2.70 bits per heavy atom. The Morgan fingerprint density at radius 1 is 1.40 bits per heavy atom. The molecule has 0 unspecified atom stereocenters. The molecule has 1 aromatic rings. The number of hydrogen-bond donors (Lipinski definition) is 1. The molecule has 0 spiro atoms. The number of amides is 1. The maximum absolute atomic E-state index is 12.9. The van der Waals surface area contributed by atoms with Crippen LogP contribution in [0, 0.1) is 11.7 Å². The number of ether oxygens (including phenoxy) is 1. The zero-order valence-electron chi connectivity index (χ0n) is 11.4.